The average Bonchev–Trinajstić information content (AvgIpc) is 1.93. The van der Waals surface area contributed by atoms with Gasteiger partial charge in [-0.15, -0.1) is 0 Å². The molecule has 1 rings (SSSR count). The molecule has 0 bridgehead atoms. The topological polar surface area (TPSA) is 26.0 Å². The van der Waals surface area contributed by atoms with Gasteiger partial charge in [-0.3, -0.25) is 0 Å². The summed E-state index contributed by atoms with van der Waals surface area (Å²) in [6, 6.07) is 8.03. The minimum absolute atomic E-state index is 0.836. The van der Waals surface area contributed by atoms with Gasteiger partial charge in [0.1, 0.15) is 0 Å². The van der Waals surface area contributed by atoms with Crippen molar-refractivity contribution in [3.05, 3.63) is 35.7 Å². The van der Waals surface area contributed by atoms with Crippen molar-refractivity contribution in [1.29, 1.82) is 0 Å². The molecule has 1 aromatic carbocycles. The van der Waals surface area contributed by atoms with Crippen LogP contribution in [0.1, 0.15) is 19.4 Å². The summed E-state index contributed by atoms with van der Waals surface area (Å²) in [5.41, 5.74) is 7.72. The second-order valence-electron chi connectivity index (χ2n) is 3.13. The van der Waals surface area contributed by atoms with E-state index in [1.807, 2.05) is 12.1 Å². The highest BCUT2D eigenvalue weighted by Crippen LogP contribution is 2.11. The maximum Gasteiger partial charge on any atom is 0.0314 e. The van der Waals surface area contributed by atoms with Gasteiger partial charge in [-0.05, 0) is 30.0 Å². The molecule has 0 saturated heterocycles. The fourth-order valence-electron chi connectivity index (χ4n) is 1.04. The second kappa shape index (κ2) is 3.42. The van der Waals surface area contributed by atoms with Crippen molar-refractivity contribution in [2.45, 2.75) is 20.3 Å². The fourth-order valence-corrected chi connectivity index (χ4v) is 1.04. The largest absolute Gasteiger partial charge is 0.399 e. The standard InChI is InChI=1S/C10H14N/c1-8(2)7-9-3-5-10(11)6-4-9/h3-6H,7,11H2,1-2H3. The maximum atomic E-state index is 5.55. The summed E-state index contributed by atoms with van der Waals surface area (Å²) in [5, 5.41) is 0. The van der Waals surface area contributed by atoms with Crippen molar-refractivity contribution in [3.8, 4) is 0 Å². The van der Waals surface area contributed by atoms with Gasteiger partial charge in [0.05, 0.1) is 0 Å². The first-order valence-electron chi connectivity index (χ1n) is 3.82. The SMILES string of the molecule is C[C](C)Cc1ccc(N)cc1. The van der Waals surface area contributed by atoms with Gasteiger partial charge in [-0.2, -0.15) is 0 Å². The molecule has 0 atom stereocenters. The molecule has 2 N–H and O–H groups in total. The molecule has 1 heteroatoms. The summed E-state index contributed by atoms with van der Waals surface area (Å²) in [6.07, 6.45) is 1.06. The van der Waals surface area contributed by atoms with E-state index in [-0.39, 0.29) is 0 Å². The summed E-state index contributed by atoms with van der Waals surface area (Å²) < 4.78 is 0. The van der Waals surface area contributed by atoms with Gasteiger partial charge in [-0.1, -0.05) is 26.0 Å². The number of anilines is 1. The van der Waals surface area contributed by atoms with E-state index >= 15 is 0 Å². The zero-order valence-corrected chi connectivity index (χ0v) is 7.09. The summed E-state index contributed by atoms with van der Waals surface area (Å²) in [7, 11) is 0. The lowest BCUT2D eigenvalue weighted by Crippen LogP contribution is -1.92. The van der Waals surface area contributed by atoms with Gasteiger partial charge >= 0.3 is 0 Å². The molecule has 0 fully saturated rings. The number of nitrogens with two attached hydrogens (primary N) is 1. The molecule has 11 heavy (non-hydrogen) atoms. The Morgan fingerprint density at radius 2 is 1.73 bits per heavy atom. The van der Waals surface area contributed by atoms with E-state index in [0.29, 0.717) is 0 Å². The van der Waals surface area contributed by atoms with Crippen molar-refractivity contribution >= 4 is 5.69 Å². The molecule has 0 aromatic heterocycles. The normalized spacial score (nSPS) is 10.5. The van der Waals surface area contributed by atoms with Gasteiger partial charge in [-0.25, -0.2) is 0 Å². The Morgan fingerprint density at radius 1 is 1.18 bits per heavy atom. The predicted molar refractivity (Wildman–Crippen MR) is 49.1 cm³/mol. The molecular formula is C10H14N. The minimum atomic E-state index is 0.836. The number of nitrogen functional groups attached to an aromatic ring is 1. The molecule has 0 saturated carbocycles. The second-order valence-corrected chi connectivity index (χ2v) is 3.13. The van der Waals surface area contributed by atoms with Crippen LogP contribution in [0.2, 0.25) is 0 Å². The van der Waals surface area contributed by atoms with Crippen LogP contribution in [0.15, 0.2) is 24.3 Å². The minimum Gasteiger partial charge on any atom is -0.399 e. The van der Waals surface area contributed by atoms with Crippen LogP contribution in [0.4, 0.5) is 5.69 Å². The Balaban J connectivity index is 2.66. The Hall–Kier alpha value is -0.980. The zero-order valence-electron chi connectivity index (χ0n) is 7.09. The third kappa shape index (κ3) is 2.62. The number of rotatable bonds is 2. The van der Waals surface area contributed by atoms with Crippen LogP contribution in [0.3, 0.4) is 0 Å². The lowest BCUT2D eigenvalue weighted by Gasteiger charge is -2.03. The van der Waals surface area contributed by atoms with Crippen LogP contribution in [0, 0.1) is 5.92 Å². The van der Waals surface area contributed by atoms with E-state index in [9.17, 15) is 0 Å². The molecule has 0 aliphatic heterocycles. The van der Waals surface area contributed by atoms with Crippen molar-refractivity contribution in [1.82, 2.24) is 0 Å². The van der Waals surface area contributed by atoms with Crippen LogP contribution in [-0.4, -0.2) is 0 Å². The highest BCUT2D eigenvalue weighted by Gasteiger charge is 1.96. The Morgan fingerprint density at radius 3 is 2.18 bits per heavy atom. The molecule has 1 radical (unpaired) electrons. The lowest BCUT2D eigenvalue weighted by molar-refractivity contribution is 0.957. The van der Waals surface area contributed by atoms with E-state index in [1.165, 1.54) is 11.5 Å². The van der Waals surface area contributed by atoms with E-state index < -0.39 is 0 Å². The van der Waals surface area contributed by atoms with Crippen LogP contribution >= 0.6 is 0 Å². The Bertz CT molecular complexity index is 211. The lowest BCUT2D eigenvalue weighted by atomic mass is 10.0. The van der Waals surface area contributed by atoms with E-state index in [4.69, 9.17) is 5.73 Å². The zero-order chi connectivity index (χ0) is 8.27. The van der Waals surface area contributed by atoms with Gasteiger partial charge in [0, 0.05) is 5.69 Å². The van der Waals surface area contributed by atoms with E-state index in [1.54, 1.807) is 0 Å². The molecule has 0 amide bonds. The molecule has 59 valence electrons. The van der Waals surface area contributed by atoms with Crippen molar-refractivity contribution in [3.63, 3.8) is 0 Å². The van der Waals surface area contributed by atoms with Crippen molar-refractivity contribution in [2.75, 3.05) is 5.73 Å². The highest BCUT2D eigenvalue weighted by molar-refractivity contribution is 5.39. The van der Waals surface area contributed by atoms with E-state index in [2.05, 4.69) is 26.0 Å². The first kappa shape index (κ1) is 8.12. The van der Waals surface area contributed by atoms with Gasteiger partial charge in [0.25, 0.3) is 0 Å². The summed E-state index contributed by atoms with van der Waals surface area (Å²) in [5.74, 6) is 1.43. The van der Waals surface area contributed by atoms with Gasteiger partial charge in [0.2, 0.25) is 0 Å². The van der Waals surface area contributed by atoms with Crippen LogP contribution in [0.5, 0.6) is 0 Å². The Labute approximate surface area is 68.2 Å². The predicted octanol–water partition coefficient (Wildman–Crippen LogP) is 2.43. The van der Waals surface area contributed by atoms with Gasteiger partial charge in [0.15, 0.2) is 0 Å². The summed E-state index contributed by atoms with van der Waals surface area (Å²) in [4.78, 5) is 0. The van der Waals surface area contributed by atoms with Crippen LogP contribution in [-0.2, 0) is 6.42 Å². The van der Waals surface area contributed by atoms with Crippen LogP contribution < -0.4 is 5.73 Å². The summed E-state index contributed by atoms with van der Waals surface area (Å²) in [6.45, 7) is 4.27. The number of benzene rings is 1. The molecule has 0 heterocycles. The fraction of sp³-hybridized carbons (Fsp3) is 0.300. The highest BCUT2D eigenvalue weighted by atomic mass is 14.5. The molecule has 0 aliphatic carbocycles. The maximum absolute atomic E-state index is 5.55. The quantitative estimate of drug-likeness (QED) is 0.640. The first-order chi connectivity index (χ1) is 5.18. The third-order valence-corrected chi connectivity index (χ3v) is 1.54. The number of hydrogen-bond donors (Lipinski definition) is 1. The molecule has 1 aromatic rings. The first-order valence-corrected chi connectivity index (χ1v) is 3.82. The third-order valence-electron chi connectivity index (χ3n) is 1.54. The van der Waals surface area contributed by atoms with Gasteiger partial charge < -0.3 is 5.73 Å². The molecule has 0 spiro atoms. The van der Waals surface area contributed by atoms with Crippen molar-refractivity contribution < 1.29 is 0 Å². The molecule has 1 nitrogen and oxygen atoms in total. The number of hydrogen-bond acceptors (Lipinski definition) is 1. The average molecular weight is 148 g/mol. The summed E-state index contributed by atoms with van der Waals surface area (Å²) >= 11 is 0. The van der Waals surface area contributed by atoms with Crippen LogP contribution in [0.25, 0.3) is 0 Å². The molecule has 0 aliphatic rings. The molecule has 0 unspecified atom stereocenters. The van der Waals surface area contributed by atoms with Crippen molar-refractivity contribution in [2.24, 2.45) is 0 Å². The monoisotopic (exact) mass is 148 g/mol. The molecular weight excluding hydrogens is 134 g/mol. The Kier molecular flexibility index (Phi) is 2.53. The van der Waals surface area contributed by atoms with E-state index in [0.717, 1.165) is 12.1 Å². The smallest absolute Gasteiger partial charge is 0.0314 e.